The van der Waals surface area contributed by atoms with E-state index in [-0.39, 0.29) is 17.5 Å². The first kappa shape index (κ1) is 13.5. The summed E-state index contributed by atoms with van der Waals surface area (Å²) in [5.41, 5.74) is 1.45. The monoisotopic (exact) mass is 285 g/mol. The largest absolute Gasteiger partial charge is 0.372 e. The first-order valence-electron chi connectivity index (χ1n) is 6.88. The Bertz CT molecular complexity index is 660. The van der Waals surface area contributed by atoms with E-state index >= 15 is 0 Å². The van der Waals surface area contributed by atoms with Gasteiger partial charge in [-0.25, -0.2) is 9.37 Å². The van der Waals surface area contributed by atoms with Crippen molar-refractivity contribution >= 4 is 11.7 Å². The number of hydrogen-bond acceptors (Lipinski definition) is 3. The summed E-state index contributed by atoms with van der Waals surface area (Å²) in [6.07, 6.45) is 2.00. The lowest BCUT2D eigenvalue weighted by atomic mass is 10.1. The average Bonchev–Trinajstić information content (AvgIpc) is 3.27. The average molecular weight is 285 g/mol. The quantitative estimate of drug-likeness (QED) is 0.907. The zero-order valence-electron chi connectivity index (χ0n) is 11.6. The van der Waals surface area contributed by atoms with Gasteiger partial charge in [0.25, 0.3) is 5.91 Å². The minimum absolute atomic E-state index is 0.105. The van der Waals surface area contributed by atoms with Crippen LogP contribution in [-0.2, 0) is 0 Å². The van der Waals surface area contributed by atoms with Crippen molar-refractivity contribution in [3.63, 3.8) is 0 Å². The van der Waals surface area contributed by atoms with Crippen LogP contribution in [0.25, 0.3) is 0 Å². The number of nitrogens with one attached hydrogen (secondary N) is 2. The van der Waals surface area contributed by atoms with E-state index in [2.05, 4.69) is 27.8 Å². The van der Waals surface area contributed by atoms with Crippen LogP contribution < -0.4 is 10.6 Å². The summed E-state index contributed by atoms with van der Waals surface area (Å²) in [4.78, 5) is 16.1. The fraction of sp³-hybridized carbons (Fsp3) is 0.250. The third kappa shape index (κ3) is 2.86. The predicted octanol–water partition coefficient (Wildman–Crippen LogP) is 2.55. The maximum absolute atomic E-state index is 13.3. The topological polar surface area (TPSA) is 54.0 Å². The number of benzene rings is 1. The SMILES string of the molecule is CNc1ncc(F)cc1C(=O)NC1CC1c1ccccc1. The summed E-state index contributed by atoms with van der Waals surface area (Å²) in [5, 5.41) is 5.74. The molecule has 1 amide bonds. The molecule has 0 spiro atoms. The van der Waals surface area contributed by atoms with Crippen molar-refractivity contribution in [3.8, 4) is 0 Å². The third-order valence-corrected chi connectivity index (χ3v) is 3.67. The van der Waals surface area contributed by atoms with E-state index in [0.717, 1.165) is 12.6 Å². The first-order chi connectivity index (χ1) is 10.2. The van der Waals surface area contributed by atoms with Gasteiger partial charge in [0, 0.05) is 19.0 Å². The van der Waals surface area contributed by atoms with Crippen molar-refractivity contribution in [2.45, 2.75) is 18.4 Å². The molecule has 4 nitrogen and oxygen atoms in total. The lowest BCUT2D eigenvalue weighted by Crippen LogP contribution is -2.27. The molecule has 1 aliphatic carbocycles. The van der Waals surface area contributed by atoms with E-state index in [1.807, 2.05) is 18.2 Å². The van der Waals surface area contributed by atoms with Gasteiger partial charge < -0.3 is 10.6 Å². The molecular formula is C16H16FN3O. The van der Waals surface area contributed by atoms with Crippen LogP contribution in [0.2, 0.25) is 0 Å². The second-order valence-corrected chi connectivity index (χ2v) is 5.13. The minimum atomic E-state index is -0.519. The summed E-state index contributed by atoms with van der Waals surface area (Å²) in [6.45, 7) is 0. The Balaban J connectivity index is 1.70. The number of hydrogen-bond donors (Lipinski definition) is 2. The maximum atomic E-state index is 13.3. The number of halogens is 1. The van der Waals surface area contributed by atoms with Gasteiger partial charge in [-0.05, 0) is 18.1 Å². The molecule has 2 atom stereocenters. The number of nitrogens with zero attached hydrogens (tertiary/aromatic N) is 1. The van der Waals surface area contributed by atoms with E-state index in [1.165, 1.54) is 11.6 Å². The minimum Gasteiger partial charge on any atom is -0.372 e. The molecule has 1 heterocycles. The normalized spacial score (nSPS) is 19.9. The molecule has 1 aromatic heterocycles. The molecule has 0 aliphatic heterocycles. The molecule has 2 unspecified atom stereocenters. The fourth-order valence-corrected chi connectivity index (χ4v) is 2.48. The van der Waals surface area contributed by atoms with Gasteiger partial charge in [-0.1, -0.05) is 30.3 Å². The Kier molecular flexibility index (Phi) is 3.56. The molecular weight excluding hydrogens is 269 g/mol. The summed E-state index contributed by atoms with van der Waals surface area (Å²) >= 11 is 0. The fourth-order valence-electron chi connectivity index (χ4n) is 2.48. The van der Waals surface area contributed by atoms with Gasteiger partial charge in [-0.15, -0.1) is 0 Å². The van der Waals surface area contributed by atoms with Gasteiger partial charge >= 0.3 is 0 Å². The molecule has 21 heavy (non-hydrogen) atoms. The van der Waals surface area contributed by atoms with Gasteiger partial charge in [-0.3, -0.25) is 4.79 Å². The molecule has 1 aromatic carbocycles. The van der Waals surface area contributed by atoms with Crippen molar-refractivity contribution in [1.82, 2.24) is 10.3 Å². The Morgan fingerprint density at radius 1 is 1.33 bits per heavy atom. The van der Waals surface area contributed by atoms with Gasteiger partial charge in [0.05, 0.1) is 11.8 Å². The van der Waals surface area contributed by atoms with Crippen LogP contribution in [0.4, 0.5) is 10.2 Å². The van der Waals surface area contributed by atoms with Crippen LogP contribution in [-0.4, -0.2) is 24.0 Å². The van der Waals surface area contributed by atoms with E-state index in [0.29, 0.717) is 11.7 Å². The Labute approximate surface area is 122 Å². The zero-order chi connectivity index (χ0) is 14.8. The lowest BCUT2D eigenvalue weighted by Gasteiger charge is -2.09. The molecule has 5 heteroatoms. The molecule has 1 aliphatic rings. The lowest BCUT2D eigenvalue weighted by molar-refractivity contribution is 0.0950. The molecule has 1 fully saturated rings. The van der Waals surface area contributed by atoms with Crippen molar-refractivity contribution in [2.24, 2.45) is 0 Å². The molecule has 0 radical (unpaired) electrons. The van der Waals surface area contributed by atoms with Crippen LogP contribution in [0.15, 0.2) is 42.6 Å². The summed E-state index contributed by atoms with van der Waals surface area (Å²) in [6, 6.07) is 11.4. The predicted molar refractivity (Wildman–Crippen MR) is 78.8 cm³/mol. The first-order valence-corrected chi connectivity index (χ1v) is 6.88. The van der Waals surface area contributed by atoms with Gasteiger partial charge in [0.2, 0.25) is 0 Å². The number of amides is 1. The Morgan fingerprint density at radius 2 is 2.10 bits per heavy atom. The number of aromatic nitrogens is 1. The highest BCUT2D eigenvalue weighted by Crippen LogP contribution is 2.40. The molecule has 3 rings (SSSR count). The van der Waals surface area contributed by atoms with Crippen molar-refractivity contribution in [2.75, 3.05) is 12.4 Å². The molecule has 2 N–H and O–H groups in total. The van der Waals surface area contributed by atoms with Gasteiger partial charge in [0.1, 0.15) is 11.6 Å². The number of carbonyl (C=O) groups is 1. The summed E-state index contributed by atoms with van der Waals surface area (Å²) in [5.74, 6) is -0.0927. The third-order valence-electron chi connectivity index (χ3n) is 3.67. The Hall–Kier alpha value is -2.43. The van der Waals surface area contributed by atoms with Crippen LogP contribution >= 0.6 is 0 Å². The van der Waals surface area contributed by atoms with Crippen molar-refractivity contribution < 1.29 is 9.18 Å². The maximum Gasteiger partial charge on any atom is 0.255 e. The number of carbonyl (C=O) groups excluding carboxylic acids is 1. The van der Waals surface area contributed by atoms with E-state index in [4.69, 9.17) is 0 Å². The number of anilines is 1. The molecule has 0 bridgehead atoms. The van der Waals surface area contributed by atoms with Crippen molar-refractivity contribution in [1.29, 1.82) is 0 Å². The zero-order valence-corrected chi connectivity index (χ0v) is 11.6. The van der Waals surface area contributed by atoms with Crippen molar-refractivity contribution in [3.05, 3.63) is 59.5 Å². The standard InChI is InChI=1S/C16H16FN3O/c1-18-15-13(7-11(17)9-19-15)16(21)20-14-8-12(14)10-5-3-2-4-6-10/h2-7,9,12,14H,8H2,1H3,(H,18,19)(H,20,21). The number of rotatable bonds is 4. The highest BCUT2D eigenvalue weighted by atomic mass is 19.1. The van der Waals surface area contributed by atoms with E-state index in [1.54, 1.807) is 7.05 Å². The second-order valence-electron chi connectivity index (χ2n) is 5.13. The molecule has 2 aromatic rings. The van der Waals surface area contributed by atoms with E-state index in [9.17, 15) is 9.18 Å². The smallest absolute Gasteiger partial charge is 0.255 e. The number of pyridine rings is 1. The summed E-state index contributed by atoms with van der Waals surface area (Å²) in [7, 11) is 1.65. The Morgan fingerprint density at radius 3 is 2.81 bits per heavy atom. The second kappa shape index (κ2) is 5.52. The highest BCUT2D eigenvalue weighted by Gasteiger charge is 2.39. The highest BCUT2D eigenvalue weighted by molar-refractivity contribution is 5.99. The molecule has 1 saturated carbocycles. The van der Waals surface area contributed by atoms with Gasteiger partial charge in [0.15, 0.2) is 0 Å². The van der Waals surface area contributed by atoms with Gasteiger partial charge in [-0.2, -0.15) is 0 Å². The molecule has 108 valence electrons. The summed E-state index contributed by atoms with van der Waals surface area (Å²) < 4.78 is 13.3. The van der Waals surface area contributed by atoms with Crippen LogP contribution in [0.5, 0.6) is 0 Å². The van der Waals surface area contributed by atoms with E-state index < -0.39 is 5.82 Å². The van der Waals surface area contributed by atoms with Crippen LogP contribution in [0.1, 0.15) is 28.3 Å². The molecule has 0 saturated heterocycles. The van der Waals surface area contributed by atoms with Crippen LogP contribution in [0.3, 0.4) is 0 Å². The van der Waals surface area contributed by atoms with Crippen LogP contribution in [0, 0.1) is 5.82 Å².